The molecule has 0 bridgehead atoms. The summed E-state index contributed by atoms with van der Waals surface area (Å²) in [5.74, 6) is -0.247. The van der Waals surface area contributed by atoms with Crippen molar-refractivity contribution >= 4 is 33.1 Å². The molecule has 112 valence electrons. The molecule has 0 aliphatic carbocycles. The van der Waals surface area contributed by atoms with Crippen LogP contribution in [0, 0.1) is 13.8 Å². The van der Waals surface area contributed by atoms with Gasteiger partial charge in [0.05, 0.1) is 11.7 Å². The van der Waals surface area contributed by atoms with Crippen LogP contribution in [0.25, 0.3) is 10.2 Å². The Balaban J connectivity index is 1.81. The minimum Gasteiger partial charge on any atom is -0.325 e. The molecule has 5 nitrogen and oxygen atoms in total. The van der Waals surface area contributed by atoms with E-state index in [0.717, 1.165) is 16.8 Å². The van der Waals surface area contributed by atoms with Crippen LogP contribution in [0.4, 0.5) is 5.69 Å². The van der Waals surface area contributed by atoms with Gasteiger partial charge in [-0.2, -0.15) is 0 Å². The number of aromatic nitrogens is 2. The van der Waals surface area contributed by atoms with Crippen LogP contribution >= 0.6 is 11.3 Å². The molecule has 3 aromatic rings. The highest BCUT2D eigenvalue weighted by Crippen LogP contribution is 2.15. The molecule has 1 aromatic carbocycles. The summed E-state index contributed by atoms with van der Waals surface area (Å²) < 4.78 is 1.33. The van der Waals surface area contributed by atoms with E-state index in [2.05, 4.69) is 10.3 Å². The van der Waals surface area contributed by atoms with Gasteiger partial charge in [0.25, 0.3) is 5.56 Å². The lowest BCUT2D eigenvalue weighted by Gasteiger charge is -2.09. The van der Waals surface area contributed by atoms with Crippen LogP contribution in [-0.4, -0.2) is 15.5 Å². The van der Waals surface area contributed by atoms with Crippen molar-refractivity contribution in [2.45, 2.75) is 20.4 Å². The summed E-state index contributed by atoms with van der Waals surface area (Å²) >= 11 is 1.41. The Bertz CT molecular complexity index is 891. The number of nitrogens with one attached hydrogen (secondary N) is 1. The molecule has 0 radical (unpaired) electrons. The van der Waals surface area contributed by atoms with Gasteiger partial charge in [-0.05, 0) is 48.6 Å². The Labute approximate surface area is 131 Å². The molecule has 3 rings (SSSR count). The Morgan fingerprint density at radius 2 is 2.00 bits per heavy atom. The van der Waals surface area contributed by atoms with Crippen LogP contribution in [0.1, 0.15) is 11.1 Å². The van der Waals surface area contributed by atoms with Crippen LogP contribution in [0.5, 0.6) is 0 Å². The summed E-state index contributed by atoms with van der Waals surface area (Å²) in [5, 5.41) is 5.18. The molecule has 1 amide bonds. The highest BCUT2D eigenvalue weighted by atomic mass is 32.1. The summed E-state index contributed by atoms with van der Waals surface area (Å²) in [5.41, 5.74) is 2.70. The van der Waals surface area contributed by atoms with E-state index in [0.29, 0.717) is 10.2 Å². The third-order valence-electron chi connectivity index (χ3n) is 3.27. The normalized spacial score (nSPS) is 10.8. The molecule has 0 aliphatic rings. The van der Waals surface area contributed by atoms with Gasteiger partial charge in [-0.15, -0.1) is 11.3 Å². The van der Waals surface area contributed by atoms with Crippen LogP contribution in [0.2, 0.25) is 0 Å². The summed E-state index contributed by atoms with van der Waals surface area (Å²) in [6.07, 6.45) is 1.42. The Morgan fingerprint density at radius 1 is 1.27 bits per heavy atom. The van der Waals surface area contributed by atoms with Crippen molar-refractivity contribution < 1.29 is 4.79 Å². The first-order valence-corrected chi connectivity index (χ1v) is 7.72. The maximum absolute atomic E-state index is 12.2. The zero-order chi connectivity index (χ0) is 15.7. The van der Waals surface area contributed by atoms with E-state index >= 15 is 0 Å². The van der Waals surface area contributed by atoms with Crippen molar-refractivity contribution in [2.75, 3.05) is 5.32 Å². The predicted octanol–water partition coefficient (Wildman–Crippen LogP) is 2.71. The van der Waals surface area contributed by atoms with Crippen molar-refractivity contribution in [2.24, 2.45) is 0 Å². The smallest absolute Gasteiger partial charge is 0.262 e. The molecule has 0 spiro atoms. The van der Waals surface area contributed by atoms with E-state index in [4.69, 9.17) is 0 Å². The second kappa shape index (κ2) is 5.73. The molecule has 0 saturated heterocycles. The molecular formula is C16H15N3O2S. The maximum Gasteiger partial charge on any atom is 0.262 e. The average molecular weight is 313 g/mol. The van der Waals surface area contributed by atoms with Crippen molar-refractivity contribution in [3.8, 4) is 0 Å². The summed E-state index contributed by atoms with van der Waals surface area (Å²) in [7, 11) is 0. The number of hydrogen-bond acceptors (Lipinski definition) is 4. The quantitative estimate of drug-likeness (QED) is 0.808. The molecule has 0 aliphatic heterocycles. The monoisotopic (exact) mass is 313 g/mol. The lowest BCUT2D eigenvalue weighted by molar-refractivity contribution is -0.116. The fourth-order valence-corrected chi connectivity index (χ4v) is 3.13. The number of aryl methyl sites for hydroxylation is 2. The SMILES string of the molecule is Cc1cc(C)cc(NC(=O)Cn2cnc3sccc3c2=O)c1. The number of amides is 1. The fraction of sp³-hybridized carbons (Fsp3) is 0.188. The van der Waals surface area contributed by atoms with Crippen LogP contribution in [0.15, 0.2) is 40.8 Å². The number of rotatable bonds is 3. The first-order chi connectivity index (χ1) is 10.5. The molecule has 0 unspecified atom stereocenters. The molecule has 0 atom stereocenters. The number of anilines is 1. The van der Waals surface area contributed by atoms with E-state index < -0.39 is 0 Å². The average Bonchev–Trinajstić information content (AvgIpc) is 2.90. The first kappa shape index (κ1) is 14.5. The minimum atomic E-state index is -0.247. The summed E-state index contributed by atoms with van der Waals surface area (Å²) in [6, 6.07) is 7.56. The Kier molecular flexibility index (Phi) is 3.77. The molecule has 22 heavy (non-hydrogen) atoms. The first-order valence-electron chi connectivity index (χ1n) is 6.84. The van der Waals surface area contributed by atoms with Gasteiger partial charge >= 0.3 is 0 Å². The molecule has 0 fully saturated rings. The molecule has 0 saturated carbocycles. The fourth-order valence-electron chi connectivity index (χ4n) is 2.41. The predicted molar refractivity (Wildman–Crippen MR) is 88.4 cm³/mol. The molecular weight excluding hydrogens is 298 g/mol. The van der Waals surface area contributed by atoms with Crippen molar-refractivity contribution in [3.63, 3.8) is 0 Å². The standard InChI is InChI=1S/C16H15N3O2S/c1-10-5-11(2)7-12(6-10)18-14(20)8-19-9-17-15-13(16(19)21)3-4-22-15/h3-7,9H,8H2,1-2H3,(H,18,20). The highest BCUT2D eigenvalue weighted by molar-refractivity contribution is 7.16. The van der Waals surface area contributed by atoms with Crippen molar-refractivity contribution in [1.82, 2.24) is 9.55 Å². The lowest BCUT2D eigenvalue weighted by atomic mass is 10.1. The number of nitrogens with zero attached hydrogens (tertiary/aromatic N) is 2. The second-order valence-corrected chi connectivity index (χ2v) is 6.14. The molecule has 6 heteroatoms. The largest absolute Gasteiger partial charge is 0.325 e. The van der Waals surface area contributed by atoms with E-state index in [9.17, 15) is 9.59 Å². The van der Waals surface area contributed by atoms with E-state index in [1.807, 2.05) is 37.4 Å². The Hall–Kier alpha value is -2.47. The number of benzene rings is 1. The summed E-state index contributed by atoms with van der Waals surface area (Å²) in [6.45, 7) is 3.90. The Morgan fingerprint density at radius 3 is 2.73 bits per heavy atom. The maximum atomic E-state index is 12.2. The van der Waals surface area contributed by atoms with Gasteiger partial charge in [-0.3, -0.25) is 14.2 Å². The van der Waals surface area contributed by atoms with Gasteiger partial charge in [0.1, 0.15) is 11.4 Å². The molecule has 2 aromatic heterocycles. The van der Waals surface area contributed by atoms with Gasteiger partial charge in [-0.1, -0.05) is 6.07 Å². The van der Waals surface area contributed by atoms with Crippen molar-refractivity contribution in [1.29, 1.82) is 0 Å². The molecule has 2 heterocycles. The lowest BCUT2D eigenvalue weighted by Crippen LogP contribution is -2.27. The van der Waals surface area contributed by atoms with E-state index in [1.165, 1.54) is 22.2 Å². The van der Waals surface area contributed by atoms with Gasteiger partial charge < -0.3 is 5.32 Å². The second-order valence-electron chi connectivity index (χ2n) is 5.24. The number of fused-ring (bicyclic) bond motifs is 1. The van der Waals surface area contributed by atoms with Crippen LogP contribution < -0.4 is 10.9 Å². The summed E-state index contributed by atoms with van der Waals surface area (Å²) in [4.78, 5) is 29.3. The zero-order valence-electron chi connectivity index (χ0n) is 12.3. The third-order valence-corrected chi connectivity index (χ3v) is 4.09. The van der Waals surface area contributed by atoms with Crippen molar-refractivity contribution in [3.05, 3.63) is 57.5 Å². The zero-order valence-corrected chi connectivity index (χ0v) is 13.1. The topological polar surface area (TPSA) is 64.0 Å². The number of hydrogen-bond donors (Lipinski definition) is 1. The highest BCUT2D eigenvalue weighted by Gasteiger charge is 2.09. The van der Waals surface area contributed by atoms with Gasteiger partial charge in [0, 0.05) is 5.69 Å². The van der Waals surface area contributed by atoms with Crippen LogP contribution in [0.3, 0.4) is 0 Å². The third kappa shape index (κ3) is 2.92. The van der Waals surface area contributed by atoms with E-state index in [1.54, 1.807) is 6.07 Å². The van der Waals surface area contributed by atoms with Crippen LogP contribution in [-0.2, 0) is 11.3 Å². The van der Waals surface area contributed by atoms with Gasteiger partial charge in [0.2, 0.25) is 5.91 Å². The number of carbonyl (C=O) groups excluding carboxylic acids is 1. The minimum absolute atomic E-state index is 0.0510. The van der Waals surface area contributed by atoms with Gasteiger partial charge in [-0.25, -0.2) is 4.98 Å². The number of carbonyl (C=O) groups is 1. The van der Waals surface area contributed by atoms with Gasteiger partial charge in [0.15, 0.2) is 0 Å². The number of thiophene rings is 1. The molecule has 1 N–H and O–H groups in total. The van der Waals surface area contributed by atoms with E-state index in [-0.39, 0.29) is 18.0 Å².